The Hall–Kier alpha value is -3.02. The van der Waals surface area contributed by atoms with Gasteiger partial charge in [-0.1, -0.05) is 18.2 Å². The largest absolute Gasteiger partial charge is 0.457 e. The second kappa shape index (κ2) is 7.70. The van der Waals surface area contributed by atoms with Crippen molar-refractivity contribution in [3.63, 3.8) is 0 Å². The summed E-state index contributed by atoms with van der Waals surface area (Å²) in [5, 5.41) is 0. The quantitative estimate of drug-likeness (QED) is 0.600. The lowest BCUT2D eigenvalue weighted by Crippen LogP contribution is -2.28. The molecule has 1 amide bonds. The summed E-state index contributed by atoms with van der Waals surface area (Å²) in [5.41, 5.74) is 3.01. The second-order valence-electron chi connectivity index (χ2n) is 6.68. The van der Waals surface area contributed by atoms with Gasteiger partial charge < -0.3 is 9.64 Å². The third kappa shape index (κ3) is 4.05. The summed E-state index contributed by atoms with van der Waals surface area (Å²) in [4.78, 5) is 38.4. The summed E-state index contributed by atoms with van der Waals surface area (Å²) in [6, 6.07) is 10.8. The zero-order valence-corrected chi connectivity index (χ0v) is 15.2. The van der Waals surface area contributed by atoms with E-state index in [0.717, 1.165) is 16.8 Å². The first-order chi connectivity index (χ1) is 12.9. The lowest BCUT2D eigenvalue weighted by molar-refractivity contribution is -0.147. The Morgan fingerprint density at radius 3 is 2.37 bits per heavy atom. The predicted molar refractivity (Wildman–Crippen MR) is 98.1 cm³/mol. The maximum Gasteiger partial charge on any atom is 0.311 e. The Morgan fingerprint density at radius 1 is 1.11 bits per heavy atom. The molecule has 1 saturated heterocycles. The molecule has 0 bridgehead atoms. The minimum absolute atomic E-state index is 0.0529. The molecule has 1 atom stereocenters. The van der Waals surface area contributed by atoms with E-state index >= 15 is 0 Å². The van der Waals surface area contributed by atoms with Gasteiger partial charge in [-0.2, -0.15) is 0 Å². The van der Waals surface area contributed by atoms with Crippen LogP contribution >= 0.6 is 0 Å². The zero-order valence-electron chi connectivity index (χ0n) is 15.2. The van der Waals surface area contributed by atoms with Crippen molar-refractivity contribution in [3.05, 3.63) is 65.0 Å². The normalized spacial score (nSPS) is 16.5. The van der Waals surface area contributed by atoms with Gasteiger partial charge in [0.25, 0.3) is 0 Å². The molecule has 2 aromatic rings. The van der Waals surface area contributed by atoms with Gasteiger partial charge in [-0.25, -0.2) is 4.39 Å². The van der Waals surface area contributed by atoms with Crippen LogP contribution in [0.2, 0.25) is 0 Å². The summed E-state index contributed by atoms with van der Waals surface area (Å²) in [6.07, 6.45) is 0.0529. The Bertz CT molecular complexity index is 871. The number of carbonyl (C=O) groups excluding carboxylic acids is 3. The molecule has 0 N–H and O–H groups in total. The second-order valence-corrected chi connectivity index (χ2v) is 6.68. The lowest BCUT2D eigenvalue weighted by Gasteiger charge is -2.21. The van der Waals surface area contributed by atoms with Crippen LogP contribution in [0, 0.1) is 25.6 Å². The van der Waals surface area contributed by atoms with Gasteiger partial charge in [-0.05, 0) is 49.2 Å². The molecular formula is C21H20FNO4. The van der Waals surface area contributed by atoms with Gasteiger partial charge in [-0.15, -0.1) is 0 Å². The molecule has 5 nitrogen and oxygen atoms in total. The molecule has 0 aliphatic carbocycles. The molecule has 1 fully saturated rings. The summed E-state index contributed by atoms with van der Waals surface area (Å²) >= 11 is 0. The Kier molecular flexibility index (Phi) is 5.35. The summed E-state index contributed by atoms with van der Waals surface area (Å²) in [7, 11) is 0. The molecule has 3 rings (SSSR count). The number of esters is 1. The van der Waals surface area contributed by atoms with Crippen LogP contribution in [0.3, 0.4) is 0 Å². The van der Waals surface area contributed by atoms with E-state index in [1.54, 1.807) is 4.90 Å². The van der Waals surface area contributed by atoms with Crippen molar-refractivity contribution in [2.24, 2.45) is 5.92 Å². The number of amides is 1. The van der Waals surface area contributed by atoms with Gasteiger partial charge in [0.15, 0.2) is 12.4 Å². The van der Waals surface area contributed by atoms with Crippen molar-refractivity contribution in [2.45, 2.75) is 20.3 Å². The van der Waals surface area contributed by atoms with E-state index in [9.17, 15) is 18.8 Å². The third-order valence-electron chi connectivity index (χ3n) is 4.68. The average Bonchev–Trinajstić information content (AvgIpc) is 3.01. The number of ketones is 1. The van der Waals surface area contributed by atoms with Crippen molar-refractivity contribution in [1.82, 2.24) is 0 Å². The van der Waals surface area contributed by atoms with Gasteiger partial charge >= 0.3 is 5.97 Å². The third-order valence-corrected chi connectivity index (χ3v) is 4.68. The number of hydrogen-bond acceptors (Lipinski definition) is 4. The SMILES string of the molecule is Cc1cccc(C)c1N1C[C@@H](C(=O)OCC(=O)c2ccc(F)cc2)CC1=O. The maximum absolute atomic E-state index is 12.9. The van der Waals surface area contributed by atoms with Crippen LogP contribution in [0.5, 0.6) is 0 Å². The highest BCUT2D eigenvalue weighted by Crippen LogP contribution is 2.31. The summed E-state index contributed by atoms with van der Waals surface area (Å²) < 4.78 is 18.0. The Balaban J connectivity index is 1.62. The van der Waals surface area contributed by atoms with Crippen molar-refractivity contribution in [1.29, 1.82) is 0 Å². The van der Waals surface area contributed by atoms with Gasteiger partial charge in [0.1, 0.15) is 5.82 Å². The first-order valence-electron chi connectivity index (χ1n) is 8.69. The molecule has 2 aromatic carbocycles. The summed E-state index contributed by atoms with van der Waals surface area (Å²) in [6.45, 7) is 3.64. The summed E-state index contributed by atoms with van der Waals surface area (Å²) in [5.74, 6) is -2.19. The highest BCUT2D eigenvalue weighted by atomic mass is 19.1. The first-order valence-corrected chi connectivity index (χ1v) is 8.69. The monoisotopic (exact) mass is 369 g/mol. The van der Waals surface area contributed by atoms with Crippen molar-refractivity contribution in [3.8, 4) is 0 Å². The molecule has 1 heterocycles. The standard InChI is InChI=1S/C21H20FNO4/c1-13-4-3-5-14(2)20(13)23-11-16(10-19(23)25)21(26)27-12-18(24)15-6-8-17(22)9-7-15/h3-9,16H,10-12H2,1-2H3/t16-/m0/s1. The minimum atomic E-state index is -0.613. The number of carbonyl (C=O) groups is 3. The van der Waals surface area contributed by atoms with Crippen LogP contribution in [0.25, 0.3) is 0 Å². The molecule has 0 saturated carbocycles. The van der Waals surface area contributed by atoms with Crippen LogP contribution < -0.4 is 4.90 Å². The first kappa shape index (κ1) is 18.8. The van der Waals surface area contributed by atoms with E-state index in [4.69, 9.17) is 4.74 Å². The molecule has 0 unspecified atom stereocenters. The number of hydrogen-bond donors (Lipinski definition) is 0. The molecule has 140 valence electrons. The van der Waals surface area contributed by atoms with Crippen molar-refractivity contribution < 1.29 is 23.5 Å². The van der Waals surface area contributed by atoms with Crippen molar-refractivity contribution >= 4 is 23.3 Å². The highest BCUT2D eigenvalue weighted by molar-refractivity contribution is 6.01. The van der Waals surface area contributed by atoms with Gasteiger partial charge in [0.05, 0.1) is 5.92 Å². The highest BCUT2D eigenvalue weighted by Gasteiger charge is 2.37. The zero-order chi connectivity index (χ0) is 19.6. The Morgan fingerprint density at radius 2 is 1.74 bits per heavy atom. The number of rotatable bonds is 5. The van der Waals surface area contributed by atoms with E-state index in [0.29, 0.717) is 0 Å². The van der Waals surface area contributed by atoms with Gasteiger partial charge in [0.2, 0.25) is 5.91 Å². The van der Waals surface area contributed by atoms with E-state index in [1.807, 2.05) is 32.0 Å². The number of para-hydroxylation sites is 1. The molecule has 6 heteroatoms. The van der Waals surface area contributed by atoms with Gasteiger partial charge in [0, 0.05) is 24.2 Å². The van der Waals surface area contributed by atoms with E-state index in [2.05, 4.69) is 0 Å². The predicted octanol–water partition coefficient (Wildman–Crippen LogP) is 3.22. The number of nitrogens with zero attached hydrogens (tertiary/aromatic N) is 1. The average molecular weight is 369 g/mol. The molecule has 1 aliphatic heterocycles. The minimum Gasteiger partial charge on any atom is -0.457 e. The molecule has 27 heavy (non-hydrogen) atoms. The molecule has 1 aliphatic rings. The number of anilines is 1. The van der Waals surface area contributed by atoms with Crippen LogP contribution in [0.15, 0.2) is 42.5 Å². The smallest absolute Gasteiger partial charge is 0.311 e. The van der Waals surface area contributed by atoms with Crippen molar-refractivity contribution in [2.75, 3.05) is 18.1 Å². The van der Waals surface area contributed by atoms with E-state index < -0.39 is 30.1 Å². The fourth-order valence-corrected chi connectivity index (χ4v) is 3.29. The number of halogens is 1. The molecule has 0 spiro atoms. The Labute approximate surface area is 156 Å². The topological polar surface area (TPSA) is 63.7 Å². The molecule has 0 aromatic heterocycles. The number of Topliss-reactive ketones (excluding diaryl/α,β-unsaturated/α-hetero) is 1. The van der Waals surface area contributed by atoms with Crippen LogP contribution in [0.4, 0.5) is 10.1 Å². The van der Waals surface area contributed by atoms with Crippen LogP contribution in [-0.4, -0.2) is 30.8 Å². The fraction of sp³-hybridized carbons (Fsp3) is 0.286. The van der Waals surface area contributed by atoms with E-state index in [-0.39, 0.29) is 24.4 Å². The van der Waals surface area contributed by atoms with E-state index in [1.165, 1.54) is 24.3 Å². The van der Waals surface area contributed by atoms with Crippen LogP contribution in [0.1, 0.15) is 27.9 Å². The van der Waals surface area contributed by atoms with Crippen LogP contribution in [-0.2, 0) is 14.3 Å². The number of ether oxygens (including phenoxy) is 1. The molecule has 0 radical (unpaired) electrons. The number of aryl methyl sites for hydroxylation is 2. The number of benzene rings is 2. The fourth-order valence-electron chi connectivity index (χ4n) is 3.29. The maximum atomic E-state index is 12.9. The molecular weight excluding hydrogens is 349 g/mol. The lowest BCUT2D eigenvalue weighted by atomic mass is 10.1. The van der Waals surface area contributed by atoms with Gasteiger partial charge in [-0.3, -0.25) is 14.4 Å².